The number of rotatable bonds is 5. The molecular weight excluding hydrogens is 509 g/mol. The van der Waals surface area contributed by atoms with Crippen LogP contribution in [0, 0.1) is 5.82 Å². The molecule has 0 saturated carbocycles. The molecule has 0 bridgehead atoms. The maximum Gasteiger partial charge on any atom is 0.269 e. The average molecular weight is 543 g/mol. The lowest BCUT2D eigenvalue weighted by Crippen LogP contribution is -2.59. The molecule has 39 heavy (non-hydrogen) atoms. The van der Waals surface area contributed by atoms with Crippen LogP contribution in [0.25, 0.3) is 6.08 Å². The molecule has 2 aromatic rings. The van der Waals surface area contributed by atoms with Crippen LogP contribution in [-0.4, -0.2) is 54.3 Å². The summed E-state index contributed by atoms with van der Waals surface area (Å²) in [5.74, 6) is -2.85. The van der Waals surface area contributed by atoms with E-state index in [9.17, 15) is 9.50 Å². The van der Waals surface area contributed by atoms with Crippen molar-refractivity contribution in [1.29, 1.82) is 0 Å². The normalized spacial score (nSPS) is 23.3. The number of fused-ring (bicyclic) bond motifs is 1. The summed E-state index contributed by atoms with van der Waals surface area (Å²) in [4.78, 5) is 13.2. The highest BCUT2D eigenvalue weighted by Gasteiger charge is 2.58. The summed E-state index contributed by atoms with van der Waals surface area (Å²) in [5, 5.41) is 14.9. The van der Waals surface area contributed by atoms with Gasteiger partial charge in [-0.1, -0.05) is 25.1 Å². The van der Waals surface area contributed by atoms with E-state index >= 15 is 8.78 Å². The number of ether oxygens (including phenoxy) is 1. The third-order valence-electron chi connectivity index (χ3n) is 6.65. The Balaban J connectivity index is 0.00000172. The van der Waals surface area contributed by atoms with Crippen LogP contribution < -0.4 is 9.64 Å². The van der Waals surface area contributed by atoms with Crippen molar-refractivity contribution >= 4 is 23.8 Å². The lowest BCUT2D eigenvalue weighted by Gasteiger charge is -2.43. The van der Waals surface area contributed by atoms with Gasteiger partial charge < -0.3 is 24.5 Å². The van der Waals surface area contributed by atoms with Crippen LogP contribution in [0.4, 0.5) is 18.9 Å². The molecule has 0 aromatic heterocycles. The van der Waals surface area contributed by atoms with Crippen molar-refractivity contribution in [2.24, 2.45) is 10.1 Å². The highest BCUT2D eigenvalue weighted by atomic mass is 19.3. The van der Waals surface area contributed by atoms with Crippen molar-refractivity contribution in [2.75, 3.05) is 25.1 Å². The molecule has 1 fully saturated rings. The van der Waals surface area contributed by atoms with Crippen molar-refractivity contribution in [3.05, 3.63) is 76.9 Å². The highest BCUT2D eigenvalue weighted by Crippen LogP contribution is 2.46. The second kappa shape index (κ2) is 11.1. The van der Waals surface area contributed by atoms with Crippen LogP contribution in [0.1, 0.15) is 45.2 Å². The molecule has 2 aromatic carbocycles. The van der Waals surface area contributed by atoms with Crippen LogP contribution in [-0.2, 0) is 10.6 Å². The Morgan fingerprint density at radius 1 is 1.15 bits per heavy atom. The van der Waals surface area contributed by atoms with Gasteiger partial charge in [0.1, 0.15) is 17.7 Å². The highest BCUT2D eigenvalue weighted by molar-refractivity contribution is 6.04. The molecule has 7 nitrogen and oxygen atoms in total. The molecule has 208 valence electrons. The first kappa shape index (κ1) is 28.2. The summed E-state index contributed by atoms with van der Waals surface area (Å²) < 4.78 is 49.4. The number of nitrogens with zero attached hydrogens (tertiary/aromatic N) is 4. The molecule has 1 N–H and O–H groups in total. The van der Waals surface area contributed by atoms with E-state index in [1.165, 1.54) is 36.1 Å². The van der Waals surface area contributed by atoms with Gasteiger partial charge in [0.25, 0.3) is 11.6 Å². The van der Waals surface area contributed by atoms with Crippen molar-refractivity contribution < 1.29 is 27.9 Å². The Hall–Kier alpha value is -3.79. The van der Waals surface area contributed by atoms with E-state index in [4.69, 9.17) is 9.57 Å². The number of amidine groups is 1. The largest absolute Gasteiger partial charge is 0.495 e. The zero-order valence-corrected chi connectivity index (χ0v) is 22.7. The van der Waals surface area contributed by atoms with Crippen LogP contribution in [0.3, 0.4) is 0 Å². The molecule has 0 aliphatic carbocycles. The molecule has 3 aliphatic heterocycles. The van der Waals surface area contributed by atoms with Gasteiger partial charge in [-0.2, -0.15) is 0 Å². The Kier molecular flexibility index (Phi) is 8.06. The fraction of sp³-hybridized carbons (Fsp3) is 0.379. The zero-order valence-electron chi connectivity index (χ0n) is 22.7. The Labute approximate surface area is 226 Å². The molecule has 0 radical (unpaired) electrons. The molecule has 5 rings (SSSR count). The predicted octanol–water partition coefficient (Wildman–Crippen LogP) is 5.91. The number of aliphatic imine (C=N–C) groups is 1. The first-order valence-electron chi connectivity index (χ1n) is 12.9. The SMILES string of the molecule is CC.COc1cc(/C=C2\CC(F)(F)CN3C2=NO[C@]3(c2ccc(F)cc2)C(C)O)ccc1N1C=C(C)N=CC1. The molecular formula is C29H33F3N4O3. The summed E-state index contributed by atoms with van der Waals surface area (Å²) in [6.45, 7) is 7.19. The summed E-state index contributed by atoms with van der Waals surface area (Å²) in [7, 11) is 1.55. The summed E-state index contributed by atoms with van der Waals surface area (Å²) in [5.41, 5.74) is 1.16. The second-order valence-corrected chi connectivity index (χ2v) is 9.34. The number of benzene rings is 2. The molecule has 1 saturated heterocycles. The molecule has 3 aliphatic rings. The van der Waals surface area contributed by atoms with Crippen molar-refractivity contribution in [3.8, 4) is 5.75 Å². The number of hydrogen-bond acceptors (Lipinski definition) is 7. The van der Waals surface area contributed by atoms with Gasteiger partial charge in [0.2, 0.25) is 0 Å². The monoisotopic (exact) mass is 542 g/mol. The first-order chi connectivity index (χ1) is 18.6. The van der Waals surface area contributed by atoms with Crippen LogP contribution >= 0.6 is 0 Å². The van der Waals surface area contributed by atoms with Gasteiger partial charge in [-0.05, 0) is 61.9 Å². The van der Waals surface area contributed by atoms with Crippen molar-refractivity contribution in [2.45, 2.75) is 51.9 Å². The van der Waals surface area contributed by atoms with Gasteiger partial charge in [0, 0.05) is 30.0 Å². The third kappa shape index (κ3) is 5.38. The van der Waals surface area contributed by atoms with E-state index in [2.05, 4.69) is 10.1 Å². The molecule has 0 amide bonds. The van der Waals surface area contributed by atoms with Crippen molar-refractivity contribution in [3.63, 3.8) is 0 Å². The quantitative estimate of drug-likeness (QED) is 0.509. The van der Waals surface area contributed by atoms with E-state index in [0.29, 0.717) is 23.4 Å². The minimum absolute atomic E-state index is 0.199. The Bertz CT molecular complexity index is 1320. The maximum absolute atomic E-state index is 15.1. The van der Waals surface area contributed by atoms with E-state index in [-0.39, 0.29) is 11.4 Å². The summed E-state index contributed by atoms with van der Waals surface area (Å²) in [6, 6.07) is 10.6. The number of methoxy groups -OCH3 is 1. The number of oxime groups is 1. The lowest BCUT2D eigenvalue weighted by molar-refractivity contribution is -0.190. The van der Waals surface area contributed by atoms with Crippen LogP contribution in [0.15, 0.2) is 70.1 Å². The number of piperidine rings is 1. The summed E-state index contributed by atoms with van der Waals surface area (Å²) >= 11 is 0. The zero-order chi connectivity index (χ0) is 28.4. The fourth-order valence-electron chi connectivity index (χ4n) is 4.97. The molecule has 10 heteroatoms. The van der Waals surface area contributed by atoms with Gasteiger partial charge in [-0.3, -0.25) is 4.99 Å². The topological polar surface area (TPSA) is 69.9 Å². The third-order valence-corrected chi connectivity index (χ3v) is 6.65. The van der Waals surface area contributed by atoms with Crippen LogP contribution in [0.2, 0.25) is 0 Å². The minimum atomic E-state index is -3.13. The van der Waals surface area contributed by atoms with E-state index in [1.807, 2.05) is 44.0 Å². The number of aliphatic hydroxyl groups is 1. The maximum atomic E-state index is 15.1. The van der Waals surface area contributed by atoms with Gasteiger partial charge in [0.15, 0.2) is 5.84 Å². The van der Waals surface area contributed by atoms with Gasteiger partial charge in [-0.25, -0.2) is 13.2 Å². The number of hydrogen-bond donors (Lipinski definition) is 1. The molecule has 3 heterocycles. The van der Waals surface area contributed by atoms with Gasteiger partial charge in [0.05, 0.1) is 31.6 Å². The van der Waals surface area contributed by atoms with E-state index in [0.717, 1.165) is 11.4 Å². The number of alkyl halides is 2. The molecule has 1 unspecified atom stereocenters. The molecule has 0 spiro atoms. The standard InChI is InChI=1S/C27H27F3N4O3.C2H6/c1-17-15-33(11-10-31-17)23-9-4-19(13-24(23)36-3)12-20-14-26(29,30)16-34-25(20)32-37-27(34,18(2)35)21-5-7-22(28)8-6-21;1-2/h4-10,12-13,15,18,35H,11,14,16H2,1-3H3;1-2H3/b20-12+;/t18?,27-;/m0./s1. The first-order valence-corrected chi connectivity index (χ1v) is 12.9. The summed E-state index contributed by atoms with van der Waals surface area (Å²) in [6.07, 6.45) is 3.52. The number of halogens is 3. The van der Waals surface area contributed by atoms with Gasteiger partial charge in [-0.15, -0.1) is 0 Å². The predicted molar refractivity (Wildman–Crippen MR) is 146 cm³/mol. The fourth-order valence-corrected chi connectivity index (χ4v) is 4.97. The smallest absolute Gasteiger partial charge is 0.269 e. The second-order valence-electron chi connectivity index (χ2n) is 9.34. The number of allylic oxidation sites excluding steroid dienone is 1. The molecule has 2 atom stereocenters. The minimum Gasteiger partial charge on any atom is -0.495 e. The Morgan fingerprint density at radius 3 is 2.51 bits per heavy atom. The number of anilines is 1. The average Bonchev–Trinajstić information content (AvgIpc) is 3.29. The van der Waals surface area contributed by atoms with Crippen molar-refractivity contribution in [1.82, 2.24) is 4.90 Å². The van der Waals surface area contributed by atoms with Crippen LogP contribution in [0.5, 0.6) is 5.75 Å². The van der Waals surface area contributed by atoms with Gasteiger partial charge >= 0.3 is 0 Å². The van der Waals surface area contributed by atoms with E-state index in [1.54, 1.807) is 25.5 Å². The lowest BCUT2D eigenvalue weighted by atomic mass is 9.90. The van der Waals surface area contributed by atoms with E-state index < -0.39 is 36.5 Å². The Morgan fingerprint density at radius 2 is 1.87 bits per heavy atom. The number of aliphatic hydroxyl groups excluding tert-OH is 1.